The van der Waals surface area contributed by atoms with Crippen molar-refractivity contribution < 1.29 is 13.2 Å². The minimum atomic E-state index is -3.08. The lowest BCUT2D eigenvalue weighted by Crippen LogP contribution is -2.34. The fourth-order valence-corrected chi connectivity index (χ4v) is 3.83. The van der Waals surface area contributed by atoms with Crippen molar-refractivity contribution in [2.24, 2.45) is 11.8 Å². The van der Waals surface area contributed by atoms with Crippen LogP contribution in [0.2, 0.25) is 0 Å². The van der Waals surface area contributed by atoms with E-state index >= 15 is 0 Å². The lowest BCUT2D eigenvalue weighted by atomic mass is 10.0. The molecule has 2 aliphatic rings. The summed E-state index contributed by atoms with van der Waals surface area (Å²) in [7, 11) is -1.56. The number of nitrogens with one attached hydrogen (secondary N) is 1. The third kappa shape index (κ3) is 2.33. The first kappa shape index (κ1) is 11.3. The molecule has 0 radical (unpaired) electrons. The van der Waals surface area contributed by atoms with E-state index in [4.69, 9.17) is 4.74 Å². The first-order valence-corrected chi connectivity index (χ1v) is 6.92. The van der Waals surface area contributed by atoms with Gasteiger partial charge in [-0.3, -0.25) is 0 Å². The predicted molar refractivity (Wildman–Crippen MR) is 57.1 cm³/mol. The van der Waals surface area contributed by atoms with Crippen LogP contribution in [0.15, 0.2) is 0 Å². The summed E-state index contributed by atoms with van der Waals surface area (Å²) in [6, 6.07) is 0. The maximum atomic E-state index is 11.8. The molecule has 0 aromatic rings. The molecule has 2 aliphatic heterocycles. The molecule has 88 valence electrons. The van der Waals surface area contributed by atoms with Gasteiger partial charge in [-0.2, -0.15) is 0 Å². The first-order valence-electron chi connectivity index (χ1n) is 5.31. The summed E-state index contributed by atoms with van der Waals surface area (Å²) >= 11 is 0. The number of ether oxygens (including phenoxy) is 1. The van der Waals surface area contributed by atoms with Gasteiger partial charge in [0.15, 0.2) is 0 Å². The Kier molecular flexibility index (Phi) is 3.30. The fourth-order valence-electron chi connectivity index (χ4n) is 2.36. The molecule has 2 rings (SSSR count). The molecule has 5 nitrogen and oxygen atoms in total. The molecule has 15 heavy (non-hydrogen) atoms. The van der Waals surface area contributed by atoms with Crippen LogP contribution >= 0.6 is 0 Å². The molecule has 0 spiro atoms. The monoisotopic (exact) mass is 234 g/mol. The van der Waals surface area contributed by atoms with Gasteiger partial charge in [0.25, 0.3) is 0 Å². The minimum Gasteiger partial charge on any atom is -0.384 e. The van der Waals surface area contributed by atoms with Crippen molar-refractivity contribution >= 4 is 10.0 Å². The van der Waals surface area contributed by atoms with Crippen LogP contribution in [0.4, 0.5) is 0 Å². The summed E-state index contributed by atoms with van der Waals surface area (Å²) < 4.78 is 30.1. The number of methoxy groups -OCH3 is 1. The number of hydrogen-bond acceptors (Lipinski definition) is 4. The molecule has 2 heterocycles. The van der Waals surface area contributed by atoms with E-state index in [1.165, 1.54) is 7.11 Å². The molecule has 0 saturated carbocycles. The van der Waals surface area contributed by atoms with Crippen molar-refractivity contribution in [1.29, 1.82) is 0 Å². The van der Waals surface area contributed by atoms with E-state index in [0.717, 1.165) is 13.1 Å². The van der Waals surface area contributed by atoms with Crippen molar-refractivity contribution in [3.8, 4) is 0 Å². The lowest BCUT2D eigenvalue weighted by molar-refractivity contribution is 0.215. The minimum absolute atomic E-state index is 0.108. The lowest BCUT2D eigenvalue weighted by Gasteiger charge is -2.16. The Morgan fingerprint density at radius 1 is 1.33 bits per heavy atom. The number of fused-ring (bicyclic) bond motifs is 1. The van der Waals surface area contributed by atoms with Gasteiger partial charge in [0, 0.05) is 20.2 Å². The predicted octanol–water partition coefficient (Wildman–Crippen LogP) is -0.886. The van der Waals surface area contributed by atoms with Crippen LogP contribution in [0.3, 0.4) is 0 Å². The van der Waals surface area contributed by atoms with Gasteiger partial charge in [-0.15, -0.1) is 0 Å². The summed E-state index contributed by atoms with van der Waals surface area (Å²) in [6.07, 6.45) is 0. The quantitative estimate of drug-likeness (QED) is 0.686. The summed E-state index contributed by atoms with van der Waals surface area (Å²) in [5.74, 6) is 1.14. The molecule has 0 aromatic carbocycles. The van der Waals surface area contributed by atoms with E-state index in [1.807, 2.05) is 0 Å². The molecular formula is C9H18N2O3S. The average Bonchev–Trinajstić information content (AvgIpc) is 2.73. The maximum absolute atomic E-state index is 11.8. The molecule has 2 saturated heterocycles. The number of rotatable bonds is 4. The smallest absolute Gasteiger partial charge is 0.216 e. The van der Waals surface area contributed by atoms with Gasteiger partial charge < -0.3 is 10.1 Å². The number of hydrogen-bond donors (Lipinski definition) is 1. The molecule has 0 bridgehead atoms. The van der Waals surface area contributed by atoms with E-state index in [-0.39, 0.29) is 12.4 Å². The first-order chi connectivity index (χ1) is 7.13. The average molecular weight is 234 g/mol. The van der Waals surface area contributed by atoms with Crippen LogP contribution in [-0.2, 0) is 14.8 Å². The Morgan fingerprint density at radius 2 is 1.93 bits per heavy atom. The number of nitrogens with zero attached hydrogens (tertiary/aromatic N) is 1. The third-order valence-electron chi connectivity index (χ3n) is 3.29. The van der Waals surface area contributed by atoms with Crippen LogP contribution in [0.5, 0.6) is 0 Å². The van der Waals surface area contributed by atoms with Crippen molar-refractivity contribution in [3.05, 3.63) is 0 Å². The van der Waals surface area contributed by atoms with Crippen LogP contribution in [0, 0.1) is 11.8 Å². The fraction of sp³-hybridized carbons (Fsp3) is 1.00. The molecule has 2 fully saturated rings. The largest absolute Gasteiger partial charge is 0.384 e. The maximum Gasteiger partial charge on any atom is 0.216 e. The highest BCUT2D eigenvalue weighted by atomic mass is 32.2. The highest BCUT2D eigenvalue weighted by Gasteiger charge is 2.40. The standard InChI is InChI=1S/C9H18N2O3S/c1-14-2-3-15(12,13)11-6-8-4-10-5-9(8)7-11/h8-10H,2-7H2,1H3/t8-,9+. The summed E-state index contributed by atoms with van der Waals surface area (Å²) in [5, 5.41) is 3.29. The molecule has 0 aromatic heterocycles. The van der Waals surface area contributed by atoms with Crippen LogP contribution < -0.4 is 5.32 Å². The number of sulfonamides is 1. The van der Waals surface area contributed by atoms with Gasteiger partial charge >= 0.3 is 0 Å². The Morgan fingerprint density at radius 3 is 2.47 bits per heavy atom. The van der Waals surface area contributed by atoms with Crippen molar-refractivity contribution in [2.75, 3.05) is 45.6 Å². The van der Waals surface area contributed by atoms with Gasteiger partial charge in [-0.05, 0) is 24.9 Å². The van der Waals surface area contributed by atoms with Crippen molar-refractivity contribution in [2.45, 2.75) is 0 Å². The second-order valence-electron chi connectivity index (χ2n) is 4.30. The Balaban J connectivity index is 1.95. The van der Waals surface area contributed by atoms with Gasteiger partial charge in [-0.25, -0.2) is 12.7 Å². The second-order valence-corrected chi connectivity index (χ2v) is 6.39. The van der Waals surface area contributed by atoms with Gasteiger partial charge in [0.2, 0.25) is 10.0 Å². The SMILES string of the molecule is COCCS(=O)(=O)N1C[C@H]2CNC[C@H]2C1. The molecule has 0 amide bonds. The van der Waals surface area contributed by atoms with Gasteiger partial charge in [0.05, 0.1) is 12.4 Å². The normalized spacial score (nSPS) is 32.1. The second kappa shape index (κ2) is 4.37. The van der Waals surface area contributed by atoms with E-state index < -0.39 is 10.0 Å². The summed E-state index contributed by atoms with van der Waals surface area (Å²) in [5.41, 5.74) is 0. The van der Waals surface area contributed by atoms with Crippen molar-refractivity contribution in [3.63, 3.8) is 0 Å². The van der Waals surface area contributed by atoms with E-state index in [9.17, 15) is 8.42 Å². The Bertz CT molecular complexity index is 305. The third-order valence-corrected chi connectivity index (χ3v) is 5.06. The molecule has 2 atom stereocenters. The molecule has 0 unspecified atom stereocenters. The Labute approximate surface area is 90.8 Å². The summed E-state index contributed by atoms with van der Waals surface area (Å²) in [4.78, 5) is 0. The summed E-state index contributed by atoms with van der Waals surface area (Å²) in [6.45, 7) is 3.57. The van der Waals surface area contributed by atoms with Gasteiger partial charge in [-0.1, -0.05) is 0 Å². The molecule has 1 N–H and O–H groups in total. The van der Waals surface area contributed by atoms with Gasteiger partial charge in [0.1, 0.15) is 0 Å². The topological polar surface area (TPSA) is 58.6 Å². The van der Waals surface area contributed by atoms with E-state index in [0.29, 0.717) is 24.9 Å². The highest BCUT2D eigenvalue weighted by Crippen LogP contribution is 2.28. The Hall–Kier alpha value is -0.170. The molecule has 6 heteroatoms. The van der Waals surface area contributed by atoms with E-state index in [2.05, 4.69) is 5.32 Å². The zero-order chi connectivity index (χ0) is 10.9. The zero-order valence-electron chi connectivity index (χ0n) is 8.98. The molecule has 0 aliphatic carbocycles. The van der Waals surface area contributed by atoms with E-state index in [1.54, 1.807) is 4.31 Å². The van der Waals surface area contributed by atoms with Crippen LogP contribution in [-0.4, -0.2) is 58.4 Å². The van der Waals surface area contributed by atoms with Crippen molar-refractivity contribution in [1.82, 2.24) is 9.62 Å². The van der Waals surface area contributed by atoms with Crippen LogP contribution in [0.25, 0.3) is 0 Å². The highest BCUT2D eigenvalue weighted by molar-refractivity contribution is 7.89. The molecular weight excluding hydrogens is 216 g/mol. The van der Waals surface area contributed by atoms with Crippen LogP contribution in [0.1, 0.15) is 0 Å². The zero-order valence-corrected chi connectivity index (χ0v) is 9.79.